The molecule has 110 valence electrons. The molecule has 1 saturated heterocycles. The fourth-order valence-corrected chi connectivity index (χ4v) is 3.69. The van der Waals surface area contributed by atoms with E-state index in [1.165, 1.54) is 5.56 Å². The fourth-order valence-electron chi connectivity index (χ4n) is 3.14. The van der Waals surface area contributed by atoms with Gasteiger partial charge in [-0.3, -0.25) is 0 Å². The van der Waals surface area contributed by atoms with Gasteiger partial charge in [0.15, 0.2) is 0 Å². The Bertz CT molecular complexity index is 495. The third-order valence-corrected chi connectivity index (χ3v) is 4.90. The summed E-state index contributed by atoms with van der Waals surface area (Å²) < 4.78 is 12.6. The molecule has 0 aromatic heterocycles. The Morgan fingerprint density at radius 1 is 1.35 bits per heavy atom. The minimum Gasteiger partial charge on any atom is -0.493 e. The third kappa shape index (κ3) is 2.74. The van der Waals surface area contributed by atoms with Crippen molar-refractivity contribution in [3.63, 3.8) is 0 Å². The normalized spacial score (nSPS) is 26.9. The number of fused-ring (bicyclic) bond motifs is 1. The van der Waals surface area contributed by atoms with Crippen LogP contribution in [0.5, 0.6) is 5.75 Å². The van der Waals surface area contributed by atoms with Crippen molar-refractivity contribution in [2.24, 2.45) is 0 Å². The van der Waals surface area contributed by atoms with Crippen LogP contribution in [0.15, 0.2) is 16.6 Å². The maximum atomic E-state index is 10.6. The van der Waals surface area contributed by atoms with Crippen LogP contribution in [0.1, 0.15) is 37.3 Å². The van der Waals surface area contributed by atoms with Gasteiger partial charge in [0.1, 0.15) is 5.75 Å². The Kier molecular flexibility index (Phi) is 4.07. The van der Waals surface area contributed by atoms with E-state index in [9.17, 15) is 5.11 Å². The maximum Gasteiger partial charge on any atom is 0.125 e. The van der Waals surface area contributed by atoms with Gasteiger partial charge in [0, 0.05) is 23.9 Å². The molecule has 2 aliphatic rings. The lowest BCUT2D eigenvalue weighted by Gasteiger charge is -2.38. The van der Waals surface area contributed by atoms with Crippen molar-refractivity contribution in [2.45, 2.75) is 50.7 Å². The summed E-state index contributed by atoms with van der Waals surface area (Å²) in [7, 11) is 0. The molecule has 4 heteroatoms. The summed E-state index contributed by atoms with van der Waals surface area (Å²) in [5.74, 6) is 0.964. The van der Waals surface area contributed by atoms with E-state index in [1.54, 1.807) is 0 Å². The van der Waals surface area contributed by atoms with Gasteiger partial charge in [0.05, 0.1) is 18.3 Å². The molecule has 1 N–H and O–H groups in total. The van der Waals surface area contributed by atoms with Gasteiger partial charge < -0.3 is 14.6 Å². The average Bonchev–Trinajstić information content (AvgIpc) is 2.87. The Morgan fingerprint density at radius 2 is 2.20 bits per heavy atom. The smallest absolute Gasteiger partial charge is 0.125 e. The summed E-state index contributed by atoms with van der Waals surface area (Å²) >= 11 is 3.55. The maximum absolute atomic E-state index is 10.6. The summed E-state index contributed by atoms with van der Waals surface area (Å²) in [4.78, 5) is 0. The first kappa shape index (κ1) is 14.4. The van der Waals surface area contributed by atoms with E-state index in [1.807, 2.05) is 6.92 Å². The fraction of sp³-hybridized carbons (Fsp3) is 0.625. The molecule has 0 aliphatic carbocycles. The molecule has 1 fully saturated rings. The standard InChI is InChI=1S/C16H21BrO3/c1-16(5-2-3-6-20-16)14(18)10-12-9-13(17)8-11-4-7-19-15(11)12/h8-9,14,18H,2-7,10H2,1H3. The number of ether oxygens (including phenoxy) is 2. The minimum atomic E-state index is -0.495. The van der Waals surface area contributed by atoms with Crippen molar-refractivity contribution in [3.05, 3.63) is 27.7 Å². The number of aliphatic hydroxyl groups excluding tert-OH is 1. The molecule has 0 saturated carbocycles. The highest BCUT2D eigenvalue weighted by Crippen LogP contribution is 2.36. The zero-order valence-electron chi connectivity index (χ0n) is 11.8. The minimum absolute atomic E-state index is 0.425. The van der Waals surface area contributed by atoms with Crippen LogP contribution >= 0.6 is 15.9 Å². The molecule has 2 atom stereocenters. The molecule has 0 bridgehead atoms. The Hall–Kier alpha value is -0.580. The lowest BCUT2D eigenvalue weighted by atomic mass is 9.86. The third-order valence-electron chi connectivity index (χ3n) is 4.44. The van der Waals surface area contributed by atoms with Gasteiger partial charge in [-0.1, -0.05) is 15.9 Å². The highest BCUT2D eigenvalue weighted by atomic mass is 79.9. The molecule has 0 radical (unpaired) electrons. The first-order valence-corrected chi connectivity index (χ1v) is 8.14. The molecular formula is C16H21BrO3. The number of rotatable bonds is 3. The van der Waals surface area contributed by atoms with Crippen LogP contribution in [-0.2, 0) is 17.6 Å². The zero-order chi connectivity index (χ0) is 14.2. The Labute approximate surface area is 128 Å². The summed E-state index contributed by atoms with van der Waals surface area (Å²) in [6.07, 6.45) is 4.18. The number of hydrogen-bond acceptors (Lipinski definition) is 3. The zero-order valence-corrected chi connectivity index (χ0v) is 13.4. The second-order valence-corrected chi connectivity index (χ2v) is 6.91. The number of halogens is 1. The van der Waals surface area contributed by atoms with Gasteiger partial charge in [0.2, 0.25) is 0 Å². The van der Waals surface area contributed by atoms with Crippen molar-refractivity contribution < 1.29 is 14.6 Å². The van der Waals surface area contributed by atoms with Crippen LogP contribution in [0.25, 0.3) is 0 Å². The van der Waals surface area contributed by atoms with E-state index in [0.717, 1.165) is 54.7 Å². The lowest BCUT2D eigenvalue weighted by molar-refractivity contribution is -0.135. The summed E-state index contributed by atoms with van der Waals surface area (Å²) in [5.41, 5.74) is 1.89. The van der Waals surface area contributed by atoms with E-state index in [4.69, 9.17) is 9.47 Å². The second kappa shape index (κ2) is 5.66. The van der Waals surface area contributed by atoms with Crippen LogP contribution in [-0.4, -0.2) is 30.0 Å². The van der Waals surface area contributed by atoms with Gasteiger partial charge >= 0.3 is 0 Å². The molecule has 2 heterocycles. The van der Waals surface area contributed by atoms with Gasteiger partial charge in [0.25, 0.3) is 0 Å². The molecule has 1 aromatic carbocycles. The topological polar surface area (TPSA) is 38.7 Å². The monoisotopic (exact) mass is 340 g/mol. The van der Waals surface area contributed by atoms with Crippen LogP contribution in [0.4, 0.5) is 0 Å². The van der Waals surface area contributed by atoms with E-state index in [2.05, 4.69) is 28.1 Å². The number of hydrogen-bond donors (Lipinski definition) is 1. The quantitative estimate of drug-likeness (QED) is 0.917. The number of aliphatic hydroxyl groups is 1. The van der Waals surface area contributed by atoms with Crippen LogP contribution in [0, 0.1) is 0 Å². The van der Waals surface area contributed by atoms with Crippen LogP contribution in [0.3, 0.4) is 0 Å². The van der Waals surface area contributed by atoms with Crippen molar-refractivity contribution in [1.29, 1.82) is 0 Å². The second-order valence-electron chi connectivity index (χ2n) is 5.99. The van der Waals surface area contributed by atoms with E-state index in [0.29, 0.717) is 6.42 Å². The SMILES string of the molecule is CC1(C(O)Cc2cc(Br)cc3c2OCC3)CCCCO1. The van der Waals surface area contributed by atoms with E-state index in [-0.39, 0.29) is 0 Å². The van der Waals surface area contributed by atoms with E-state index >= 15 is 0 Å². The predicted octanol–water partition coefficient (Wildman–Crippen LogP) is 3.25. The first-order valence-electron chi connectivity index (χ1n) is 7.35. The first-order chi connectivity index (χ1) is 9.58. The van der Waals surface area contributed by atoms with Crippen molar-refractivity contribution in [2.75, 3.05) is 13.2 Å². The predicted molar refractivity (Wildman–Crippen MR) is 81.3 cm³/mol. The van der Waals surface area contributed by atoms with Gasteiger partial charge in [-0.15, -0.1) is 0 Å². The van der Waals surface area contributed by atoms with Gasteiger partial charge in [-0.25, -0.2) is 0 Å². The molecular weight excluding hydrogens is 320 g/mol. The molecule has 1 aromatic rings. The molecule has 3 rings (SSSR count). The molecule has 3 nitrogen and oxygen atoms in total. The molecule has 2 unspecified atom stereocenters. The molecule has 20 heavy (non-hydrogen) atoms. The van der Waals surface area contributed by atoms with Crippen LogP contribution < -0.4 is 4.74 Å². The van der Waals surface area contributed by atoms with Crippen LogP contribution in [0.2, 0.25) is 0 Å². The van der Waals surface area contributed by atoms with Crippen molar-refractivity contribution >= 4 is 15.9 Å². The van der Waals surface area contributed by atoms with E-state index < -0.39 is 11.7 Å². The largest absolute Gasteiger partial charge is 0.493 e. The highest BCUT2D eigenvalue weighted by Gasteiger charge is 2.36. The van der Waals surface area contributed by atoms with Crippen molar-refractivity contribution in [1.82, 2.24) is 0 Å². The Balaban J connectivity index is 1.81. The Morgan fingerprint density at radius 3 is 2.95 bits per heavy atom. The molecule has 0 spiro atoms. The highest BCUT2D eigenvalue weighted by molar-refractivity contribution is 9.10. The molecule has 2 aliphatic heterocycles. The van der Waals surface area contributed by atoms with Gasteiger partial charge in [-0.05, 0) is 49.4 Å². The number of benzene rings is 1. The molecule has 0 amide bonds. The van der Waals surface area contributed by atoms with Crippen molar-refractivity contribution in [3.8, 4) is 5.75 Å². The lowest BCUT2D eigenvalue weighted by Crippen LogP contribution is -2.45. The van der Waals surface area contributed by atoms with Gasteiger partial charge in [-0.2, -0.15) is 0 Å². The summed E-state index contributed by atoms with van der Waals surface area (Å²) in [6.45, 7) is 3.51. The average molecular weight is 341 g/mol. The summed E-state index contributed by atoms with van der Waals surface area (Å²) in [6, 6.07) is 4.16. The summed E-state index contributed by atoms with van der Waals surface area (Å²) in [5, 5.41) is 10.6.